The molecule has 8 heteroatoms. The molecule has 154 valence electrons. The van der Waals surface area contributed by atoms with Gasteiger partial charge in [-0.2, -0.15) is 4.98 Å². The van der Waals surface area contributed by atoms with Crippen LogP contribution in [0.5, 0.6) is 5.75 Å². The molecule has 1 unspecified atom stereocenters. The van der Waals surface area contributed by atoms with E-state index in [0.717, 1.165) is 28.1 Å². The Hall–Kier alpha value is -3.26. The van der Waals surface area contributed by atoms with Gasteiger partial charge in [-0.15, -0.1) is 0 Å². The van der Waals surface area contributed by atoms with E-state index < -0.39 is 0 Å². The van der Waals surface area contributed by atoms with Crippen molar-refractivity contribution in [3.05, 3.63) is 71.5 Å². The number of hydrogen-bond donors (Lipinski definition) is 1. The van der Waals surface area contributed by atoms with Crippen molar-refractivity contribution in [2.45, 2.75) is 19.9 Å². The second kappa shape index (κ2) is 8.23. The van der Waals surface area contributed by atoms with Gasteiger partial charge in [-0.05, 0) is 68.0 Å². The number of thiocarbonyl (C=S) groups is 1. The first-order chi connectivity index (χ1) is 14.5. The van der Waals surface area contributed by atoms with E-state index in [9.17, 15) is 4.39 Å². The minimum absolute atomic E-state index is 0.297. The molecule has 2 heterocycles. The first-order valence-corrected chi connectivity index (χ1v) is 9.95. The molecule has 0 aliphatic carbocycles. The van der Waals surface area contributed by atoms with Crippen molar-refractivity contribution in [2.75, 3.05) is 13.7 Å². The van der Waals surface area contributed by atoms with E-state index in [0.29, 0.717) is 23.4 Å². The van der Waals surface area contributed by atoms with Crippen molar-refractivity contribution in [3.8, 4) is 17.1 Å². The Labute approximate surface area is 179 Å². The molecule has 0 fully saturated rings. The minimum Gasteiger partial charge on any atom is -0.497 e. The number of rotatable bonds is 5. The molecule has 0 radical (unpaired) electrons. The number of benzene rings is 2. The molecule has 0 spiro atoms. The average Bonchev–Trinajstić information content (AvgIpc) is 3.24. The van der Waals surface area contributed by atoms with Gasteiger partial charge in [-0.1, -0.05) is 17.3 Å². The average molecular weight is 425 g/mol. The van der Waals surface area contributed by atoms with Crippen LogP contribution < -0.4 is 10.1 Å². The van der Waals surface area contributed by atoms with Crippen molar-refractivity contribution in [2.24, 2.45) is 0 Å². The summed E-state index contributed by atoms with van der Waals surface area (Å²) in [7, 11) is 1.62. The number of aromatic nitrogens is 2. The van der Waals surface area contributed by atoms with Gasteiger partial charge in [-0.3, -0.25) is 0 Å². The van der Waals surface area contributed by atoms with E-state index in [1.165, 1.54) is 12.1 Å². The van der Waals surface area contributed by atoms with E-state index in [-0.39, 0.29) is 11.9 Å². The predicted octanol–water partition coefficient (Wildman–Crippen LogP) is 4.57. The smallest absolute Gasteiger partial charge is 0.258 e. The quantitative estimate of drug-likeness (QED) is 0.602. The predicted molar refractivity (Wildman–Crippen MR) is 116 cm³/mol. The number of nitrogens with one attached hydrogen (secondary N) is 1. The summed E-state index contributed by atoms with van der Waals surface area (Å²) in [5, 5.41) is 8.09. The van der Waals surface area contributed by atoms with E-state index in [4.69, 9.17) is 21.5 Å². The van der Waals surface area contributed by atoms with Crippen molar-refractivity contribution < 1.29 is 13.7 Å². The summed E-state index contributed by atoms with van der Waals surface area (Å²) in [6.07, 6.45) is 0. The highest BCUT2D eigenvalue weighted by atomic mass is 32.1. The maximum Gasteiger partial charge on any atom is 0.258 e. The fourth-order valence-electron chi connectivity index (χ4n) is 3.53. The third kappa shape index (κ3) is 3.66. The Balaban J connectivity index is 1.78. The van der Waals surface area contributed by atoms with E-state index in [1.54, 1.807) is 19.2 Å². The number of hydrogen-bond acceptors (Lipinski definition) is 5. The van der Waals surface area contributed by atoms with Crippen LogP contribution in [0.25, 0.3) is 17.0 Å². The molecule has 1 aliphatic heterocycles. The molecule has 3 aromatic rings. The largest absolute Gasteiger partial charge is 0.497 e. The normalized spacial score (nSPS) is 16.6. The summed E-state index contributed by atoms with van der Waals surface area (Å²) in [5.74, 6) is 1.32. The summed E-state index contributed by atoms with van der Waals surface area (Å²) < 4.78 is 24.3. The zero-order chi connectivity index (χ0) is 21.3. The highest BCUT2D eigenvalue weighted by Crippen LogP contribution is 2.37. The maximum absolute atomic E-state index is 13.5. The molecule has 1 N–H and O–H groups in total. The first kappa shape index (κ1) is 20.0. The van der Waals surface area contributed by atoms with Gasteiger partial charge in [0.05, 0.1) is 18.7 Å². The minimum atomic E-state index is -0.329. The van der Waals surface area contributed by atoms with Crippen LogP contribution >= 0.6 is 12.2 Å². The number of allylic oxidation sites excluding steroid dienone is 1. The molecular formula is C22H21FN4O2S. The number of methoxy groups -OCH3 is 1. The highest BCUT2D eigenvalue weighted by molar-refractivity contribution is 7.80. The van der Waals surface area contributed by atoms with Crippen molar-refractivity contribution in [1.82, 2.24) is 20.4 Å². The molecule has 4 rings (SSSR count). The molecule has 0 saturated heterocycles. The number of ether oxygens (including phenoxy) is 1. The van der Waals surface area contributed by atoms with Gasteiger partial charge in [0.1, 0.15) is 11.6 Å². The number of nitrogens with zero attached hydrogens (tertiary/aromatic N) is 3. The molecule has 1 aliphatic rings. The van der Waals surface area contributed by atoms with Gasteiger partial charge >= 0.3 is 0 Å². The van der Waals surface area contributed by atoms with Crippen LogP contribution in [0, 0.1) is 5.82 Å². The SMILES string of the molecule is CCN1C(=S)NC(c2ccc(F)cc2)C(c2nc(-c3ccc(OC)cc3)no2)=C1C. The Morgan fingerprint density at radius 1 is 1.17 bits per heavy atom. The zero-order valence-electron chi connectivity index (χ0n) is 16.8. The van der Waals surface area contributed by atoms with Crippen LogP contribution in [0.15, 0.2) is 58.8 Å². The Morgan fingerprint density at radius 3 is 2.50 bits per heavy atom. The number of halogens is 1. The fraction of sp³-hybridized carbons (Fsp3) is 0.227. The van der Waals surface area contributed by atoms with Gasteiger partial charge < -0.3 is 19.5 Å². The molecule has 30 heavy (non-hydrogen) atoms. The third-order valence-electron chi connectivity index (χ3n) is 5.12. The van der Waals surface area contributed by atoms with Crippen molar-refractivity contribution in [1.29, 1.82) is 0 Å². The zero-order valence-corrected chi connectivity index (χ0v) is 17.7. The second-order valence-corrected chi connectivity index (χ2v) is 7.22. The molecule has 1 aromatic heterocycles. The molecule has 6 nitrogen and oxygen atoms in total. The topological polar surface area (TPSA) is 63.4 Å². The van der Waals surface area contributed by atoms with Gasteiger partial charge in [0.2, 0.25) is 5.82 Å². The van der Waals surface area contributed by atoms with Gasteiger partial charge in [0.15, 0.2) is 5.11 Å². The van der Waals surface area contributed by atoms with E-state index in [1.807, 2.05) is 43.0 Å². The second-order valence-electron chi connectivity index (χ2n) is 6.83. The van der Waals surface area contributed by atoms with Crippen LogP contribution in [0.4, 0.5) is 4.39 Å². The molecule has 2 aromatic carbocycles. The monoisotopic (exact) mass is 424 g/mol. The summed E-state index contributed by atoms with van der Waals surface area (Å²) in [4.78, 5) is 6.61. The van der Waals surface area contributed by atoms with Crippen molar-refractivity contribution in [3.63, 3.8) is 0 Å². The van der Waals surface area contributed by atoms with Crippen LogP contribution in [-0.4, -0.2) is 33.8 Å². The third-order valence-corrected chi connectivity index (χ3v) is 5.46. The standard InChI is InChI=1S/C22H21FN4O2S/c1-4-27-13(2)18(19(24-22(27)30)14-5-9-16(23)10-6-14)21-25-20(26-29-21)15-7-11-17(28-3)12-8-15/h5-12,19H,4H2,1-3H3,(H,24,30). The molecule has 1 atom stereocenters. The summed E-state index contributed by atoms with van der Waals surface area (Å²) in [6, 6.07) is 13.4. The Kier molecular flexibility index (Phi) is 5.50. The lowest BCUT2D eigenvalue weighted by Gasteiger charge is -2.36. The Morgan fingerprint density at radius 2 is 1.87 bits per heavy atom. The van der Waals surface area contributed by atoms with E-state index in [2.05, 4.69) is 15.5 Å². The summed E-state index contributed by atoms with van der Waals surface area (Å²) in [5.41, 5.74) is 3.40. The fourth-order valence-corrected chi connectivity index (χ4v) is 3.92. The summed E-state index contributed by atoms with van der Waals surface area (Å²) in [6.45, 7) is 4.68. The van der Waals surface area contributed by atoms with Crippen LogP contribution in [0.2, 0.25) is 0 Å². The van der Waals surface area contributed by atoms with Crippen molar-refractivity contribution >= 4 is 22.9 Å². The molecular weight excluding hydrogens is 403 g/mol. The lowest BCUT2D eigenvalue weighted by atomic mass is 9.95. The van der Waals surface area contributed by atoms with Crippen LogP contribution in [0.1, 0.15) is 31.3 Å². The van der Waals surface area contributed by atoms with E-state index >= 15 is 0 Å². The summed E-state index contributed by atoms with van der Waals surface area (Å²) >= 11 is 5.54. The lowest BCUT2D eigenvalue weighted by Crippen LogP contribution is -2.45. The van der Waals surface area contributed by atoms with Gasteiger partial charge in [0.25, 0.3) is 5.89 Å². The molecule has 0 amide bonds. The Bertz CT molecular complexity index is 1090. The lowest BCUT2D eigenvalue weighted by molar-refractivity contribution is 0.398. The van der Waals surface area contributed by atoms with Crippen LogP contribution in [0.3, 0.4) is 0 Å². The molecule has 0 bridgehead atoms. The van der Waals surface area contributed by atoms with Gasteiger partial charge in [0, 0.05) is 17.8 Å². The van der Waals surface area contributed by atoms with Crippen LogP contribution in [-0.2, 0) is 0 Å². The first-order valence-electron chi connectivity index (χ1n) is 9.54. The highest BCUT2D eigenvalue weighted by Gasteiger charge is 2.33. The van der Waals surface area contributed by atoms with Gasteiger partial charge in [-0.25, -0.2) is 4.39 Å². The molecule has 0 saturated carbocycles. The maximum atomic E-state index is 13.5.